The van der Waals surface area contributed by atoms with Crippen LogP contribution in [0.1, 0.15) is 33.1 Å². The van der Waals surface area contributed by atoms with Gasteiger partial charge in [0, 0.05) is 18.8 Å². The van der Waals surface area contributed by atoms with E-state index in [1.807, 2.05) is 6.92 Å². The Labute approximate surface area is 165 Å². The molecule has 1 aliphatic heterocycles. The summed E-state index contributed by atoms with van der Waals surface area (Å²) < 4.78 is 37.8. The second kappa shape index (κ2) is 8.48. The number of amides is 1. The number of nitrogens with one attached hydrogen (secondary N) is 1. The van der Waals surface area contributed by atoms with Crippen LogP contribution in [0.5, 0.6) is 5.75 Å². The first-order chi connectivity index (χ1) is 13.3. The van der Waals surface area contributed by atoms with Crippen LogP contribution in [0.2, 0.25) is 0 Å². The zero-order chi connectivity index (χ0) is 20.3. The molecule has 0 unspecified atom stereocenters. The third-order valence-corrected chi connectivity index (χ3v) is 6.89. The van der Waals surface area contributed by atoms with Crippen molar-refractivity contribution in [1.82, 2.24) is 4.31 Å². The summed E-state index contributed by atoms with van der Waals surface area (Å²) in [5, 5.41) is 2.59. The number of hydrogen-bond acceptors (Lipinski definition) is 6. The monoisotopic (exact) mass is 410 g/mol. The molecule has 1 heterocycles. The minimum Gasteiger partial charge on any atom is -0.492 e. The fourth-order valence-corrected chi connectivity index (χ4v) is 4.90. The molecule has 0 spiro atoms. The minimum atomic E-state index is -3.71. The molecule has 1 amide bonds. The van der Waals surface area contributed by atoms with Crippen LogP contribution in [0.15, 0.2) is 23.1 Å². The highest BCUT2D eigenvalue weighted by Crippen LogP contribution is 2.38. The van der Waals surface area contributed by atoms with Crippen molar-refractivity contribution >= 4 is 27.6 Å². The Balaban J connectivity index is 1.71. The smallest absolute Gasteiger partial charge is 0.309 e. The molecule has 28 heavy (non-hydrogen) atoms. The Morgan fingerprint density at radius 3 is 2.54 bits per heavy atom. The second-order valence-corrected chi connectivity index (χ2v) is 9.09. The third-order valence-electron chi connectivity index (χ3n) is 4.97. The molecule has 1 aromatic rings. The molecule has 0 radical (unpaired) electrons. The van der Waals surface area contributed by atoms with Crippen LogP contribution in [0.3, 0.4) is 0 Å². The highest BCUT2D eigenvalue weighted by atomic mass is 32.2. The summed E-state index contributed by atoms with van der Waals surface area (Å²) in [5.74, 6) is -0.445. The standard InChI is InChI=1S/C19H26N2O6S/c1-3-26-16-7-6-14(11-17(16)28(24,25)21-8-4-5-9-21)20-18(22)12-27-19(23)15-10-13(15)2/h6-7,11,13,15H,3-5,8-10,12H2,1-2H3,(H,20,22)/t13-,15+/m0/s1. The Morgan fingerprint density at radius 2 is 1.93 bits per heavy atom. The Hall–Kier alpha value is -2.13. The van der Waals surface area contributed by atoms with Crippen LogP contribution in [0.4, 0.5) is 5.69 Å². The van der Waals surface area contributed by atoms with Crippen molar-refractivity contribution in [3.8, 4) is 5.75 Å². The number of anilines is 1. The molecule has 9 heteroatoms. The molecule has 1 aromatic carbocycles. The van der Waals surface area contributed by atoms with Gasteiger partial charge < -0.3 is 14.8 Å². The third kappa shape index (κ3) is 4.64. The summed E-state index contributed by atoms with van der Waals surface area (Å²) in [6, 6.07) is 4.48. The highest BCUT2D eigenvalue weighted by Gasteiger charge is 2.40. The van der Waals surface area contributed by atoms with E-state index in [0.29, 0.717) is 31.3 Å². The van der Waals surface area contributed by atoms with Gasteiger partial charge in [-0.1, -0.05) is 6.92 Å². The quantitative estimate of drug-likeness (QED) is 0.658. The zero-order valence-corrected chi connectivity index (χ0v) is 17.0. The van der Waals surface area contributed by atoms with Gasteiger partial charge in [-0.2, -0.15) is 4.31 Å². The molecule has 1 N–H and O–H groups in total. The molecular formula is C19H26N2O6S. The van der Waals surface area contributed by atoms with E-state index in [1.165, 1.54) is 16.4 Å². The molecule has 1 saturated carbocycles. The van der Waals surface area contributed by atoms with Crippen LogP contribution in [0, 0.1) is 11.8 Å². The van der Waals surface area contributed by atoms with Crippen molar-refractivity contribution in [2.24, 2.45) is 11.8 Å². The van der Waals surface area contributed by atoms with Gasteiger partial charge in [-0.3, -0.25) is 9.59 Å². The Morgan fingerprint density at radius 1 is 1.25 bits per heavy atom. The number of carbonyl (C=O) groups is 2. The van der Waals surface area contributed by atoms with Crippen molar-refractivity contribution in [2.45, 2.75) is 38.0 Å². The lowest BCUT2D eigenvalue weighted by molar-refractivity contribution is -0.148. The lowest BCUT2D eigenvalue weighted by atomic mass is 10.3. The van der Waals surface area contributed by atoms with Crippen molar-refractivity contribution in [2.75, 3.05) is 31.6 Å². The van der Waals surface area contributed by atoms with E-state index >= 15 is 0 Å². The Kier molecular flexibility index (Phi) is 6.24. The predicted octanol–water partition coefficient (Wildman–Crippen LogP) is 2.01. The summed E-state index contributed by atoms with van der Waals surface area (Å²) in [6.07, 6.45) is 2.44. The number of esters is 1. The van der Waals surface area contributed by atoms with Crippen LogP contribution in [0.25, 0.3) is 0 Å². The van der Waals surface area contributed by atoms with E-state index in [2.05, 4.69) is 5.32 Å². The van der Waals surface area contributed by atoms with Gasteiger partial charge in [0.1, 0.15) is 10.6 Å². The van der Waals surface area contributed by atoms with Crippen molar-refractivity contribution in [3.63, 3.8) is 0 Å². The first-order valence-corrected chi connectivity index (χ1v) is 11.0. The normalized spacial score (nSPS) is 21.9. The Bertz CT molecular complexity index is 848. The molecule has 2 atom stereocenters. The molecule has 154 valence electrons. The van der Waals surface area contributed by atoms with E-state index in [-0.39, 0.29) is 22.5 Å². The van der Waals surface area contributed by atoms with Gasteiger partial charge in [-0.05, 0) is 50.3 Å². The minimum absolute atomic E-state index is 0.0258. The average molecular weight is 410 g/mol. The van der Waals surface area contributed by atoms with E-state index in [9.17, 15) is 18.0 Å². The lowest BCUT2D eigenvalue weighted by Gasteiger charge is -2.19. The maximum atomic E-state index is 13.0. The molecule has 1 aliphatic carbocycles. The van der Waals surface area contributed by atoms with Crippen LogP contribution in [-0.2, 0) is 24.3 Å². The van der Waals surface area contributed by atoms with Gasteiger partial charge in [0.25, 0.3) is 5.91 Å². The van der Waals surface area contributed by atoms with Crippen LogP contribution < -0.4 is 10.1 Å². The SMILES string of the molecule is CCOc1ccc(NC(=O)COC(=O)[C@@H]2C[C@@H]2C)cc1S(=O)(=O)N1CCCC1. The topological polar surface area (TPSA) is 102 Å². The molecule has 8 nitrogen and oxygen atoms in total. The number of nitrogens with zero attached hydrogens (tertiary/aromatic N) is 1. The zero-order valence-electron chi connectivity index (χ0n) is 16.1. The summed E-state index contributed by atoms with van der Waals surface area (Å²) >= 11 is 0. The summed E-state index contributed by atoms with van der Waals surface area (Å²) in [4.78, 5) is 23.8. The number of sulfonamides is 1. The molecule has 2 fully saturated rings. The predicted molar refractivity (Wildman–Crippen MR) is 102 cm³/mol. The van der Waals surface area contributed by atoms with Gasteiger partial charge in [0.05, 0.1) is 12.5 Å². The summed E-state index contributed by atoms with van der Waals surface area (Å²) in [7, 11) is -3.71. The van der Waals surface area contributed by atoms with E-state index < -0.39 is 22.5 Å². The van der Waals surface area contributed by atoms with E-state index in [4.69, 9.17) is 9.47 Å². The van der Waals surface area contributed by atoms with Crippen LogP contribution in [-0.4, -0.2) is 50.9 Å². The molecule has 0 aromatic heterocycles. The summed E-state index contributed by atoms with van der Waals surface area (Å²) in [5.41, 5.74) is 0.307. The fraction of sp³-hybridized carbons (Fsp3) is 0.579. The average Bonchev–Trinajstić information content (AvgIpc) is 3.15. The second-order valence-electron chi connectivity index (χ2n) is 7.18. The van der Waals surface area contributed by atoms with Gasteiger partial charge in [0.15, 0.2) is 6.61 Å². The van der Waals surface area contributed by atoms with Crippen molar-refractivity contribution in [3.05, 3.63) is 18.2 Å². The number of carbonyl (C=O) groups excluding carboxylic acids is 2. The number of ether oxygens (including phenoxy) is 2. The lowest BCUT2D eigenvalue weighted by Crippen LogP contribution is -2.28. The van der Waals surface area contributed by atoms with Crippen molar-refractivity contribution < 1.29 is 27.5 Å². The first kappa shape index (κ1) is 20.6. The van der Waals surface area contributed by atoms with Crippen LogP contribution >= 0.6 is 0 Å². The maximum absolute atomic E-state index is 13.0. The van der Waals surface area contributed by atoms with Gasteiger partial charge in [-0.25, -0.2) is 8.42 Å². The highest BCUT2D eigenvalue weighted by molar-refractivity contribution is 7.89. The maximum Gasteiger partial charge on any atom is 0.309 e. The first-order valence-electron chi connectivity index (χ1n) is 9.56. The molecule has 0 bridgehead atoms. The molecule has 3 rings (SSSR count). The van der Waals surface area contributed by atoms with Gasteiger partial charge >= 0.3 is 5.97 Å². The fourth-order valence-electron chi connectivity index (χ4n) is 3.22. The van der Waals surface area contributed by atoms with Crippen molar-refractivity contribution in [1.29, 1.82) is 0 Å². The van der Waals surface area contributed by atoms with Gasteiger partial charge in [-0.15, -0.1) is 0 Å². The molecular weight excluding hydrogens is 384 g/mol. The van der Waals surface area contributed by atoms with E-state index in [1.54, 1.807) is 13.0 Å². The number of rotatable bonds is 8. The van der Waals surface area contributed by atoms with Gasteiger partial charge in [0.2, 0.25) is 10.0 Å². The summed E-state index contributed by atoms with van der Waals surface area (Å²) in [6.45, 7) is 4.60. The number of hydrogen-bond donors (Lipinski definition) is 1. The molecule has 1 saturated heterocycles. The number of benzene rings is 1. The molecule has 2 aliphatic rings. The largest absolute Gasteiger partial charge is 0.492 e. The van der Waals surface area contributed by atoms with E-state index in [0.717, 1.165) is 19.3 Å².